The molecule has 3 heteroatoms. The van der Waals surface area contributed by atoms with Crippen LogP contribution in [0.5, 0.6) is 0 Å². The molecule has 1 atom stereocenters. The molecule has 0 aliphatic heterocycles. The quantitative estimate of drug-likeness (QED) is 0.572. The van der Waals surface area contributed by atoms with Crippen LogP contribution in [-0.4, -0.2) is 23.5 Å². The Morgan fingerprint density at radius 1 is 1.15 bits per heavy atom. The first-order valence-electron chi connectivity index (χ1n) is 6.87. The first-order valence-corrected chi connectivity index (χ1v) is 6.87. The summed E-state index contributed by atoms with van der Waals surface area (Å²) in [6.45, 7) is 2.39. The van der Waals surface area contributed by atoms with E-state index in [2.05, 4.69) is 4.98 Å². The van der Waals surface area contributed by atoms with E-state index < -0.39 is 6.10 Å². The number of carbonyl (C=O) groups excluding carboxylic acids is 1. The van der Waals surface area contributed by atoms with Crippen LogP contribution in [0.3, 0.4) is 0 Å². The van der Waals surface area contributed by atoms with Crippen LogP contribution in [-0.2, 0) is 11.2 Å². The highest BCUT2D eigenvalue weighted by atomic mass is 16.5. The van der Waals surface area contributed by atoms with E-state index in [4.69, 9.17) is 4.74 Å². The van der Waals surface area contributed by atoms with Gasteiger partial charge in [0, 0.05) is 24.6 Å². The average Bonchev–Trinajstić information content (AvgIpc) is 2.52. The number of carbonyl (C=O) groups is 1. The van der Waals surface area contributed by atoms with Crippen molar-refractivity contribution in [3.8, 4) is 0 Å². The van der Waals surface area contributed by atoms with Gasteiger partial charge in [0.2, 0.25) is 0 Å². The van der Waals surface area contributed by atoms with Crippen LogP contribution in [0.2, 0.25) is 0 Å². The molecule has 0 spiro atoms. The van der Waals surface area contributed by atoms with Crippen LogP contribution in [0.4, 0.5) is 0 Å². The number of ketones is 1. The Bertz CT molecular complexity index is 525. The fraction of sp³-hybridized carbons (Fsp3) is 0.294. The van der Waals surface area contributed by atoms with Crippen LogP contribution in [0.25, 0.3) is 0 Å². The molecule has 1 unspecified atom stereocenters. The Kier molecular flexibility index (Phi) is 5.44. The number of hydrogen-bond donors (Lipinski definition) is 0. The number of Topliss-reactive ketones (excluding diaryl/α,β-unsaturated/α-hetero) is 1. The number of ether oxygens (including phenoxy) is 1. The van der Waals surface area contributed by atoms with Crippen molar-refractivity contribution in [1.82, 2.24) is 4.98 Å². The molecule has 0 aliphatic rings. The van der Waals surface area contributed by atoms with E-state index in [9.17, 15) is 4.79 Å². The van der Waals surface area contributed by atoms with E-state index in [1.54, 1.807) is 12.4 Å². The fourth-order valence-corrected chi connectivity index (χ4v) is 2.00. The van der Waals surface area contributed by atoms with Crippen molar-refractivity contribution in [2.45, 2.75) is 25.9 Å². The maximum Gasteiger partial charge on any atom is 0.191 e. The highest BCUT2D eigenvalue weighted by Gasteiger charge is 2.14. The summed E-state index contributed by atoms with van der Waals surface area (Å²) in [6, 6.07) is 13.3. The lowest BCUT2D eigenvalue weighted by atomic mass is 10.1. The van der Waals surface area contributed by atoms with Crippen molar-refractivity contribution in [3.63, 3.8) is 0 Å². The molecule has 0 fully saturated rings. The molecular weight excluding hydrogens is 250 g/mol. The number of pyridine rings is 1. The molecule has 104 valence electrons. The smallest absolute Gasteiger partial charge is 0.191 e. The molecular formula is C17H19NO2. The van der Waals surface area contributed by atoms with Gasteiger partial charge in [-0.05, 0) is 37.5 Å². The number of aromatic nitrogens is 1. The maximum atomic E-state index is 12.1. The average molecular weight is 269 g/mol. The second kappa shape index (κ2) is 7.56. The van der Waals surface area contributed by atoms with Gasteiger partial charge in [0.05, 0.1) is 0 Å². The summed E-state index contributed by atoms with van der Waals surface area (Å²) in [6.07, 6.45) is 5.02. The molecule has 3 nitrogen and oxygen atoms in total. The third-order valence-corrected chi connectivity index (χ3v) is 3.15. The van der Waals surface area contributed by atoms with Gasteiger partial charge in [-0.15, -0.1) is 0 Å². The molecule has 0 amide bonds. The Hall–Kier alpha value is -2.00. The van der Waals surface area contributed by atoms with Crippen LogP contribution in [0.1, 0.15) is 29.3 Å². The van der Waals surface area contributed by atoms with Gasteiger partial charge in [-0.25, -0.2) is 0 Å². The van der Waals surface area contributed by atoms with Gasteiger partial charge in [-0.1, -0.05) is 30.3 Å². The molecule has 0 aliphatic carbocycles. The number of aryl methyl sites for hydroxylation is 1. The molecule has 0 saturated heterocycles. The van der Waals surface area contributed by atoms with Crippen LogP contribution < -0.4 is 0 Å². The monoisotopic (exact) mass is 269 g/mol. The topological polar surface area (TPSA) is 39.2 Å². The highest BCUT2D eigenvalue weighted by molar-refractivity contribution is 5.99. The number of nitrogens with zero attached hydrogens (tertiary/aromatic N) is 1. The maximum absolute atomic E-state index is 12.1. The molecule has 20 heavy (non-hydrogen) atoms. The number of benzene rings is 1. The van der Waals surface area contributed by atoms with E-state index >= 15 is 0 Å². The van der Waals surface area contributed by atoms with E-state index in [1.165, 1.54) is 5.56 Å². The van der Waals surface area contributed by atoms with Gasteiger partial charge in [0.15, 0.2) is 5.78 Å². The summed E-state index contributed by atoms with van der Waals surface area (Å²) in [5, 5.41) is 0. The van der Waals surface area contributed by atoms with Gasteiger partial charge >= 0.3 is 0 Å². The Balaban J connectivity index is 1.73. The standard InChI is InChI=1S/C17H19NO2/c1-14(17(19)16-7-3-2-4-8-16)20-13-5-6-15-9-11-18-12-10-15/h2-4,7-12,14H,5-6,13H2,1H3. The lowest BCUT2D eigenvalue weighted by molar-refractivity contribution is 0.0470. The van der Waals surface area contributed by atoms with E-state index in [1.807, 2.05) is 49.4 Å². The minimum absolute atomic E-state index is 0.0366. The third kappa shape index (κ3) is 4.28. The van der Waals surface area contributed by atoms with Crippen molar-refractivity contribution < 1.29 is 9.53 Å². The van der Waals surface area contributed by atoms with Crippen molar-refractivity contribution >= 4 is 5.78 Å². The first kappa shape index (κ1) is 14.4. The zero-order chi connectivity index (χ0) is 14.2. The van der Waals surface area contributed by atoms with Gasteiger partial charge in [0.1, 0.15) is 6.10 Å². The molecule has 2 aromatic rings. The Morgan fingerprint density at radius 3 is 2.55 bits per heavy atom. The summed E-state index contributed by atoms with van der Waals surface area (Å²) >= 11 is 0. The summed E-state index contributed by atoms with van der Waals surface area (Å²) in [5.74, 6) is 0.0366. The molecule has 0 saturated carbocycles. The number of rotatable bonds is 7. The Labute approximate surface area is 119 Å². The van der Waals surface area contributed by atoms with Gasteiger partial charge < -0.3 is 4.74 Å². The lowest BCUT2D eigenvalue weighted by Crippen LogP contribution is -2.21. The molecule has 1 aromatic carbocycles. The second-order valence-electron chi connectivity index (χ2n) is 4.70. The molecule has 2 rings (SSSR count). The van der Waals surface area contributed by atoms with Crippen molar-refractivity contribution in [2.24, 2.45) is 0 Å². The number of hydrogen-bond acceptors (Lipinski definition) is 3. The molecule has 0 N–H and O–H groups in total. The minimum atomic E-state index is -0.394. The predicted octanol–water partition coefficient (Wildman–Crippen LogP) is 3.30. The van der Waals surface area contributed by atoms with Crippen molar-refractivity contribution in [1.29, 1.82) is 0 Å². The van der Waals surface area contributed by atoms with Crippen LogP contribution in [0, 0.1) is 0 Å². The molecule has 0 radical (unpaired) electrons. The predicted molar refractivity (Wildman–Crippen MR) is 78.7 cm³/mol. The van der Waals surface area contributed by atoms with Gasteiger partial charge in [0.25, 0.3) is 0 Å². The van der Waals surface area contributed by atoms with Crippen LogP contribution in [0.15, 0.2) is 54.9 Å². The van der Waals surface area contributed by atoms with Crippen molar-refractivity contribution in [2.75, 3.05) is 6.61 Å². The molecule has 1 heterocycles. The third-order valence-electron chi connectivity index (χ3n) is 3.15. The highest BCUT2D eigenvalue weighted by Crippen LogP contribution is 2.07. The molecule has 0 bridgehead atoms. The van der Waals surface area contributed by atoms with Crippen molar-refractivity contribution in [3.05, 3.63) is 66.0 Å². The lowest BCUT2D eigenvalue weighted by Gasteiger charge is -2.12. The van der Waals surface area contributed by atoms with E-state index in [-0.39, 0.29) is 5.78 Å². The van der Waals surface area contributed by atoms with Crippen LogP contribution >= 0.6 is 0 Å². The first-order chi connectivity index (χ1) is 9.77. The Morgan fingerprint density at radius 2 is 1.85 bits per heavy atom. The van der Waals surface area contributed by atoms with Gasteiger partial charge in [-0.3, -0.25) is 9.78 Å². The molecule has 1 aromatic heterocycles. The summed E-state index contributed by atoms with van der Waals surface area (Å²) < 4.78 is 5.61. The van der Waals surface area contributed by atoms with Gasteiger partial charge in [-0.2, -0.15) is 0 Å². The largest absolute Gasteiger partial charge is 0.370 e. The summed E-state index contributed by atoms with van der Waals surface area (Å²) in [5.41, 5.74) is 1.94. The SMILES string of the molecule is CC(OCCCc1ccncc1)C(=O)c1ccccc1. The summed E-state index contributed by atoms with van der Waals surface area (Å²) in [7, 11) is 0. The van der Waals surface area contributed by atoms with E-state index in [0.717, 1.165) is 12.8 Å². The normalized spacial score (nSPS) is 12.1. The zero-order valence-electron chi connectivity index (χ0n) is 11.7. The minimum Gasteiger partial charge on any atom is -0.370 e. The second-order valence-corrected chi connectivity index (χ2v) is 4.70. The zero-order valence-corrected chi connectivity index (χ0v) is 11.7. The fourth-order valence-electron chi connectivity index (χ4n) is 2.00. The van der Waals surface area contributed by atoms with E-state index in [0.29, 0.717) is 12.2 Å². The summed E-state index contributed by atoms with van der Waals surface area (Å²) in [4.78, 5) is 16.1.